The molecule has 1 aromatic rings. The van der Waals surface area contributed by atoms with Gasteiger partial charge in [0, 0.05) is 0 Å². The Hall–Kier alpha value is -1.02. The van der Waals surface area contributed by atoms with E-state index in [-0.39, 0.29) is 5.41 Å². The van der Waals surface area contributed by atoms with Crippen LogP contribution in [0, 0.1) is 11.3 Å². The van der Waals surface area contributed by atoms with Crippen LogP contribution in [-0.4, -0.2) is 11.7 Å². The molecule has 94 valence electrons. The molecule has 2 heteroatoms. The second kappa shape index (κ2) is 5.09. The smallest absolute Gasteiger partial charge is 0.115 e. The molecule has 2 atom stereocenters. The van der Waals surface area contributed by atoms with Crippen molar-refractivity contribution >= 4 is 0 Å². The summed E-state index contributed by atoms with van der Waals surface area (Å²) >= 11 is 0. The van der Waals surface area contributed by atoms with E-state index in [1.807, 2.05) is 12.1 Å². The summed E-state index contributed by atoms with van der Waals surface area (Å²) in [4.78, 5) is 0. The van der Waals surface area contributed by atoms with Gasteiger partial charge in [0.15, 0.2) is 0 Å². The van der Waals surface area contributed by atoms with Crippen molar-refractivity contribution < 1.29 is 5.11 Å². The molecule has 2 unspecified atom stereocenters. The van der Waals surface area contributed by atoms with Gasteiger partial charge in [-0.05, 0) is 54.8 Å². The molecule has 2 rings (SSSR count). The van der Waals surface area contributed by atoms with Crippen LogP contribution in [0.3, 0.4) is 0 Å². The lowest BCUT2D eigenvalue weighted by molar-refractivity contribution is 0.154. The van der Waals surface area contributed by atoms with E-state index in [1.165, 1.54) is 31.2 Å². The lowest BCUT2D eigenvalue weighted by atomic mass is 9.67. The maximum Gasteiger partial charge on any atom is 0.115 e. The summed E-state index contributed by atoms with van der Waals surface area (Å²) in [5.74, 6) is 1.14. The fourth-order valence-electron chi connectivity index (χ4n) is 3.29. The maximum atomic E-state index is 9.52. The number of aromatic hydroxyl groups is 1. The van der Waals surface area contributed by atoms with Gasteiger partial charge in [-0.2, -0.15) is 0 Å². The number of benzene rings is 1. The van der Waals surface area contributed by atoms with Crippen molar-refractivity contribution in [1.82, 2.24) is 0 Å². The van der Waals surface area contributed by atoms with Crippen molar-refractivity contribution in [3.8, 4) is 5.75 Å². The first-order valence-electron chi connectivity index (χ1n) is 6.61. The predicted molar refractivity (Wildman–Crippen MR) is 70.9 cm³/mol. The Bertz CT molecular complexity index is 377. The van der Waals surface area contributed by atoms with E-state index in [0.29, 0.717) is 5.75 Å². The van der Waals surface area contributed by atoms with Crippen molar-refractivity contribution in [3.05, 3.63) is 29.8 Å². The molecule has 3 N–H and O–H groups in total. The Balaban J connectivity index is 2.13. The van der Waals surface area contributed by atoms with Crippen LogP contribution in [0.25, 0.3) is 0 Å². The molecule has 17 heavy (non-hydrogen) atoms. The van der Waals surface area contributed by atoms with E-state index in [4.69, 9.17) is 5.73 Å². The van der Waals surface area contributed by atoms with E-state index in [0.717, 1.165) is 18.9 Å². The quantitative estimate of drug-likeness (QED) is 0.842. The monoisotopic (exact) mass is 233 g/mol. The maximum absolute atomic E-state index is 9.52. The van der Waals surface area contributed by atoms with Gasteiger partial charge < -0.3 is 10.8 Å². The van der Waals surface area contributed by atoms with Gasteiger partial charge in [-0.1, -0.05) is 31.9 Å². The van der Waals surface area contributed by atoms with Gasteiger partial charge in [-0.25, -0.2) is 0 Å². The van der Waals surface area contributed by atoms with Gasteiger partial charge in [-0.15, -0.1) is 0 Å². The number of nitrogens with two attached hydrogens (primary N) is 1. The Labute approximate surface area is 104 Å². The zero-order valence-corrected chi connectivity index (χ0v) is 10.7. The van der Waals surface area contributed by atoms with E-state index in [9.17, 15) is 5.11 Å². The second-order valence-electron chi connectivity index (χ2n) is 5.75. The first-order valence-corrected chi connectivity index (χ1v) is 6.61. The zero-order chi connectivity index (χ0) is 12.3. The summed E-state index contributed by atoms with van der Waals surface area (Å²) in [6.07, 6.45) is 6.07. The van der Waals surface area contributed by atoms with Gasteiger partial charge in [0.25, 0.3) is 0 Å². The van der Waals surface area contributed by atoms with Crippen LogP contribution in [0.2, 0.25) is 0 Å². The average Bonchev–Trinajstić information content (AvgIpc) is 2.29. The molecular formula is C15H23NO. The molecule has 1 aromatic carbocycles. The summed E-state index contributed by atoms with van der Waals surface area (Å²) in [5, 5.41) is 9.52. The van der Waals surface area contributed by atoms with E-state index < -0.39 is 0 Å². The molecular weight excluding hydrogens is 210 g/mol. The Morgan fingerprint density at radius 2 is 2.29 bits per heavy atom. The highest BCUT2D eigenvalue weighted by Gasteiger charge is 2.33. The predicted octanol–water partition coefficient (Wildman–Crippen LogP) is 3.09. The van der Waals surface area contributed by atoms with Crippen LogP contribution in [0.1, 0.15) is 38.2 Å². The average molecular weight is 233 g/mol. The van der Waals surface area contributed by atoms with Crippen LogP contribution in [0.5, 0.6) is 5.75 Å². The van der Waals surface area contributed by atoms with Crippen LogP contribution < -0.4 is 5.73 Å². The van der Waals surface area contributed by atoms with Crippen LogP contribution >= 0.6 is 0 Å². The molecule has 2 nitrogen and oxygen atoms in total. The standard InChI is InChI=1S/C15H23NO/c1-12-4-3-7-15(9-12,11-16)10-13-5-2-6-14(17)8-13/h2,5-6,8,12,17H,3-4,7,9-11,16H2,1H3. The molecule has 0 aromatic heterocycles. The lowest BCUT2D eigenvalue weighted by Gasteiger charge is -2.39. The second-order valence-corrected chi connectivity index (χ2v) is 5.75. The lowest BCUT2D eigenvalue weighted by Crippen LogP contribution is -2.37. The van der Waals surface area contributed by atoms with Crippen molar-refractivity contribution in [2.45, 2.75) is 39.0 Å². The number of hydrogen-bond acceptors (Lipinski definition) is 2. The fraction of sp³-hybridized carbons (Fsp3) is 0.600. The van der Waals surface area contributed by atoms with E-state index in [1.54, 1.807) is 6.07 Å². The van der Waals surface area contributed by atoms with Crippen LogP contribution in [0.15, 0.2) is 24.3 Å². The molecule has 1 fully saturated rings. The van der Waals surface area contributed by atoms with E-state index in [2.05, 4.69) is 13.0 Å². The number of hydrogen-bond donors (Lipinski definition) is 2. The molecule has 1 aliphatic carbocycles. The third-order valence-corrected chi connectivity index (χ3v) is 4.11. The Morgan fingerprint density at radius 3 is 2.94 bits per heavy atom. The summed E-state index contributed by atoms with van der Waals surface area (Å²) in [6.45, 7) is 3.08. The van der Waals surface area contributed by atoms with Gasteiger partial charge in [-0.3, -0.25) is 0 Å². The van der Waals surface area contributed by atoms with E-state index >= 15 is 0 Å². The first kappa shape index (κ1) is 12.4. The molecule has 1 saturated carbocycles. The molecule has 0 bridgehead atoms. The molecule has 0 amide bonds. The fourth-order valence-corrected chi connectivity index (χ4v) is 3.29. The minimum absolute atomic E-state index is 0.255. The topological polar surface area (TPSA) is 46.2 Å². The van der Waals surface area contributed by atoms with Crippen molar-refractivity contribution in [2.24, 2.45) is 17.1 Å². The summed E-state index contributed by atoms with van der Waals surface area (Å²) in [5.41, 5.74) is 7.49. The van der Waals surface area contributed by atoms with Crippen molar-refractivity contribution in [3.63, 3.8) is 0 Å². The summed E-state index contributed by atoms with van der Waals surface area (Å²) < 4.78 is 0. The Kier molecular flexibility index (Phi) is 3.72. The molecule has 1 aliphatic rings. The molecule has 0 radical (unpaired) electrons. The van der Waals surface area contributed by atoms with Crippen molar-refractivity contribution in [2.75, 3.05) is 6.54 Å². The first-order chi connectivity index (χ1) is 8.13. The SMILES string of the molecule is CC1CCCC(CN)(Cc2cccc(O)c2)C1. The third-order valence-electron chi connectivity index (χ3n) is 4.11. The van der Waals surface area contributed by atoms with Crippen LogP contribution in [-0.2, 0) is 6.42 Å². The van der Waals surface area contributed by atoms with Gasteiger partial charge in [0.1, 0.15) is 5.75 Å². The number of phenolic OH excluding ortho intramolecular Hbond substituents is 1. The van der Waals surface area contributed by atoms with Gasteiger partial charge in [0.2, 0.25) is 0 Å². The largest absolute Gasteiger partial charge is 0.508 e. The molecule has 0 heterocycles. The highest BCUT2D eigenvalue weighted by molar-refractivity contribution is 5.28. The third kappa shape index (κ3) is 3.01. The number of rotatable bonds is 3. The Morgan fingerprint density at radius 1 is 1.47 bits per heavy atom. The molecule has 0 spiro atoms. The molecule has 0 saturated heterocycles. The zero-order valence-electron chi connectivity index (χ0n) is 10.7. The highest BCUT2D eigenvalue weighted by atomic mass is 16.3. The van der Waals surface area contributed by atoms with Gasteiger partial charge in [0.05, 0.1) is 0 Å². The number of phenols is 1. The minimum atomic E-state index is 0.255. The minimum Gasteiger partial charge on any atom is -0.508 e. The van der Waals surface area contributed by atoms with Crippen LogP contribution in [0.4, 0.5) is 0 Å². The highest BCUT2D eigenvalue weighted by Crippen LogP contribution is 2.41. The summed E-state index contributed by atoms with van der Waals surface area (Å²) in [6, 6.07) is 7.61. The normalized spacial score (nSPS) is 29.2. The van der Waals surface area contributed by atoms with Crippen molar-refractivity contribution in [1.29, 1.82) is 0 Å². The van der Waals surface area contributed by atoms with Gasteiger partial charge >= 0.3 is 0 Å². The summed E-state index contributed by atoms with van der Waals surface area (Å²) in [7, 11) is 0. The molecule has 0 aliphatic heterocycles.